The van der Waals surface area contributed by atoms with Gasteiger partial charge in [0.25, 0.3) is 0 Å². The lowest BCUT2D eigenvalue weighted by molar-refractivity contribution is 0.395. The summed E-state index contributed by atoms with van der Waals surface area (Å²) in [5.74, 6) is -2.90. The van der Waals surface area contributed by atoms with Crippen molar-refractivity contribution in [2.75, 3.05) is 5.32 Å². The first-order valence-electron chi connectivity index (χ1n) is 5.64. The summed E-state index contributed by atoms with van der Waals surface area (Å²) in [5.41, 5.74) is 2.10. The van der Waals surface area contributed by atoms with Crippen molar-refractivity contribution in [3.05, 3.63) is 58.1 Å². The lowest BCUT2D eigenvalue weighted by atomic mass is 10.2. The maximum Gasteiger partial charge on any atom is 0.187 e. The number of aryl methyl sites for hydroxylation is 1. The van der Waals surface area contributed by atoms with Crippen LogP contribution in [0.25, 0.3) is 0 Å². The number of benzene rings is 2. The van der Waals surface area contributed by atoms with E-state index in [0.717, 1.165) is 23.4 Å². The first kappa shape index (κ1) is 13.6. The Morgan fingerprint density at radius 1 is 1.16 bits per heavy atom. The fraction of sp³-hybridized carbons (Fsp3) is 0.143. The molecule has 0 saturated carbocycles. The van der Waals surface area contributed by atoms with E-state index in [4.69, 9.17) is 16.7 Å². The van der Waals surface area contributed by atoms with E-state index in [2.05, 4.69) is 5.32 Å². The molecular weight excluding hydrogens is 272 g/mol. The average molecular weight is 284 g/mol. The van der Waals surface area contributed by atoms with Gasteiger partial charge in [-0.05, 0) is 42.3 Å². The quantitative estimate of drug-likeness (QED) is 0.883. The summed E-state index contributed by atoms with van der Waals surface area (Å²) < 4.78 is 26.3. The van der Waals surface area contributed by atoms with Crippen LogP contribution in [0.5, 0.6) is 5.75 Å². The number of hydrogen-bond donors (Lipinski definition) is 2. The Bertz CT molecular complexity index is 593. The van der Waals surface area contributed by atoms with E-state index in [1.165, 1.54) is 0 Å². The molecule has 0 bridgehead atoms. The molecular formula is C14H12ClF2NO. The summed E-state index contributed by atoms with van der Waals surface area (Å²) in [5, 5.41) is 12.6. The molecule has 0 unspecified atom stereocenters. The smallest absolute Gasteiger partial charge is 0.187 e. The normalized spacial score (nSPS) is 10.5. The summed E-state index contributed by atoms with van der Waals surface area (Å²) in [4.78, 5) is 0. The highest BCUT2D eigenvalue weighted by atomic mass is 35.5. The number of anilines is 1. The summed E-state index contributed by atoms with van der Waals surface area (Å²) in [6.07, 6.45) is 0. The first-order valence-corrected chi connectivity index (χ1v) is 6.02. The number of halogens is 3. The fourth-order valence-corrected chi connectivity index (χ4v) is 1.81. The van der Waals surface area contributed by atoms with Crippen molar-refractivity contribution in [3.8, 4) is 5.75 Å². The minimum absolute atomic E-state index is 0.230. The van der Waals surface area contributed by atoms with Gasteiger partial charge in [-0.15, -0.1) is 0 Å². The molecule has 2 rings (SSSR count). The molecule has 0 spiro atoms. The lowest BCUT2D eigenvalue weighted by Crippen LogP contribution is -2.01. The molecule has 0 aromatic heterocycles. The minimum atomic E-state index is -0.973. The predicted molar refractivity (Wildman–Crippen MR) is 71.5 cm³/mol. The third-order valence-corrected chi connectivity index (χ3v) is 3.15. The highest BCUT2D eigenvalue weighted by Gasteiger charge is 2.09. The number of phenolic OH excluding ortho intramolecular Hbond substituents is 1. The van der Waals surface area contributed by atoms with Crippen molar-refractivity contribution in [1.82, 2.24) is 0 Å². The molecule has 2 N–H and O–H groups in total. The Hall–Kier alpha value is -1.81. The van der Waals surface area contributed by atoms with Gasteiger partial charge in [0, 0.05) is 17.3 Å². The molecule has 100 valence electrons. The molecule has 0 atom stereocenters. The van der Waals surface area contributed by atoms with Crippen molar-refractivity contribution in [3.63, 3.8) is 0 Å². The van der Waals surface area contributed by atoms with Gasteiger partial charge in [0.15, 0.2) is 17.4 Å². The second-order valence-corrected chi connectivity index (χ2v) is 4.63. The maximum absolute atomic E-state index is 13.1. The molecule has 0 heterocycles. The van der Waals surface area contributed by atoms with Gasteiger partial charge < -0.3 is 10.4 Å². The monoisotopic (exact) mass is 283 g/mol. The fourth-order valence-electron chi connectivity index (χ4n) is 1.63. The van der Waals surface area contributed by atoms with Crippen LogP contribution in [0.1, 0.15) is 11.1 Å². The van der Waals surface area contributed by atoms with Crippen molar-refractivity contribution >= 4 is 17.3 Å². The summed E-state index contributed by atoms with van der Waals surface area (Å²) in [6, 6.07) is 7.59. The van der Waals surface area contributed by atoms with Gasteiger partial charge in [0.05, 0.1) is 0 Å². The number of phenols is 1. The van der Waals surface area contributed by atoms with Crippen LogP contribution in [0.3, 0.4) is 0 Å². The molecule has 2 aromatic rings. The van der Waals surface area contributed by atoms with Gasteiger partial charge in [-0.2, -0.15) is 0 Å². The Morgan fingerprint density at radius 2 is 1.79 bits per heavy atom. The van der Waals surface area contributed by atoms with Gasteiger partial charge in [0.2, 0.25) is 0 Å². The molecule has 0 aliphatic rings. The molecule has 2 aromatic carbocycles. The number of rotatable bonds is 3. The number of hydrogen-bond acceptors (Lipinski definition) is 2. The Balaban J connectivity index is 2.12. The van der Waals surface area contributed by atoms with Gasteiger partial charge in [-0.1, -0.05) is 17.7 Å². The van der Waals surface area contributed by atoms with Crippen LogP contribution < -0.4 is 5.32 Å². The van der Waals surface area contributed by atoms with Crippen molar-refractivity contribution < 1.29 is 13.9 Å². The van der Waals surface area contributed by atoms with Crippen LogP contribution in [0, 0.1) is 18.6 Å². The summed E-state index contributed by atoms with van der Waals surface area (Å²) in [7, 11) is 0. The maximum atomic E-state index is 13.1. The largest absolute Gasteiger partial charge is 0.503 e. The number of aromatic hydroxyl groups is 1. The molecule has 0 amide bonds. The third kappa shape index (κ3) is 3.15. The molecule has 0 aliphatic carbocycles. The van der Waals surface area contributed by atoms with Gasteiger partial charge in [-0.25, -0.2) is 8.78 Å². The van der Waals surface area contributed by atoms with E-state index in [1.54, 1.807) is 6.07 Å². The average Bonchev–Trinajstić information content (AvgIpc) is 2.37. The van der Waals surface area contributed by atoms with E-state index in [0.29, 0.717) is 10.6 Å². The Kier molecular flexibility index (Phi) is 3.90. The van der Waals surface area contributed by atoms with Crippen LogP contribution in [0.2, 0.25) is 5.02 Å². The summed E-state index contributed by atoms with van der Waals surface area (Å²) in [6.45, 7) is 2.12. The summed E-state index contributed by atoms with van der Waals surface area (Å²) >= 11 is 5.97. The molecule has 5 heteroatoms. The molecule has 19 heavy (non-hydrogen) atoms. The zero-order valence-corrected chi connectivity index (χ0v) is 10.9. The van der Waals surface area contributed by atoms with E-state index in [9.17, 15) is 8.78 Å². The van der Waals surface area contributed by atoms with Gasteiger partial charge in [0.1, 0.15) is 0 Å². The zero-order valence-electron chi connectivity index (χ0n) is 10.2. The van der Waals surface area contributed by atoms with E-state index in [-0.39, 0.29) is 6.54 Å². The zero-order chi connectivity index (χ0) is 14.0. The molecule has 0 radical (unpaired) electrons. The van der Waals surface area contributed by atoms with Crippen LogP contribution >= 0.6 is 11.6 Å². The highest BCUT2D eigenvalue weighted by Crippen LogP contribution is 2.23. The lowest BCUT2D eigenvalue weighted by Gasteiger charge is -2.09. The van der Waals surface area contributed by atoms with Crippen molar-refractivity contribution in [1.29, 1.82) is 0 Å². The van der Waals surface area contributed by atoms with Gasteiger partial charge in [-0.3, -0.25) is 0 Å². The topological polar surface area (TPSA) is 32.3 Å². The van der Waals surface area contributed by atoms with Crippen LogP contribution in [0.15, 0.2) is 30.3 Å². The molecule has 0 aliphatic heterocycles. The Labute approximate surface area is 114 Å². The van der Waals surface area contributed by atoms with Gasteiger partial charge >= 0.3 is 0 Å². The Morgan fingerprint density at radius 3 is 2.37 bits per heavy atom. The molecule has 0 fully saturated rings. The predicted octanol–water partition coefficient (Wildman–Crippen LogP) is 4.24. The highest BCUT2D eigenvalue weighted by molar-refractivity contribution is 6.31. The molecule has 2 nitrogen and oxygen atoms in total. The van der Waals surface area contributed by atoms with E-state index in [1.807, 2.05) is 19.1 Å². The van der Waals surface area contributed by atoms with Crippen molar-refractivity contribution in [2.45, 2.75) is 13.5 Å². The SMILES string of the molecule is Cc1ccc(NCc2cc(F)c(O)c(F)c2)cc1Cl. The number of nitrogens with one attached hydrogen (secondary N) is 1. The minimum Gasteiger partial charge on any atom is -0.503 e. The van der Waals surface area contributed by atoms with Crippen LogP contribution in [-0.4, -0.2) is 5.11 Å². The standard InChI is InChI=1S/C14H12ClF2NO/c1-8-2-3-10(6-11(8)15)18-7-9-4-12(16)14(19)13(17)5-9/h2-6,18-19H,7H2,1H3. The second kappa shape index (κ2) is 5.45. The van der Waals surface area contributed by atoms with E-state index >= 15 is 0 Å². The first-order chi connectivity index (χ1) is 8.97. The van der Waals surface area contributed by atoms with Crippen LogP contribution in [0.4, 0.5) is 14.5 Å². The second-order valence-electron chi connectivity index (χ2n) is 4.23. The van der Waals surface area contributed by atoms with E-state index < -0.39 is 17.4 Å². The molecule has 0 saturated heterocycles. The third-order valence-electron chi connectivity index (χ3n) is 2.75. The van der Waals surface area contributed by atoms with Crippen LogP contribution in [-0.2, 0) is 6.54 Å². The van der Waals surface area contributed by atoms with Crippen molar-refractivity contribution in [2.24, 2.45) is 0 Å².